The number of pyridine rings is 1. The van der Waals surface area contributed by atoms with E-state index in [-0.39, 0.29) is 0 Å². The van der Waals surface area contributed by atoms with Crippen molar-refractivity contribution in [3.63, 3.8) is 0 Å². The van der Waals surface area contributed by atoms with Gasteiger partial charge in [-0.05, 0) is 12.8 Å². The zero-order valence-corrected chi connectivity index (χ0v) is 12.1. The van der Waals surface area contributed by atoms with E-state index in [2.05, 4.69) is 29.6 Å². The quantitative estimate of drug-likeness (QED) is 0.583. The SMILES string of the molecule is [Zn+][Br].[c-]1ccc(N2CCCC2)nc1. The monoisotopic (exact) mass is 290 g/mol. The van der Waals surface area contributed by atoms with Crippen molar-refractivity contribution < 1.29 is 16.3 Å². The van der Waals surface area contributed by atoms with Gasteiger partial charge in [0.1, 0.15) is 0 Å². The van der Waals surface area contributed by atoms with Crippen molar-refractivity contribution in [2.75, 3.05) is 18.0 Å². The Labute approximate surface area is 95.8 Å². The molecule has 0 bridgehead atoms. The fourth-order valence-corrected chi connectivity index (χ4v) is 1.45. The van der Waals surface area contributed by atoms with E-state index in [9.17, 15) is 0 Å². The Morgan fingerprint density at radius 3 is 2.62 bits per heavy atom. The molecule has 0 aromatic carbocycles. The molecule has 2 heterocycles. The Morgan fingerprint density at radius 2 is 2.08 bits per heavy atom. The van der Waals surface area contributed by atoms with Crippen molar-refractivity contribution >= 4 is 19.4 Å². The van der Waals surface area contributed by atoms with E-state index in [0.717, 1.165) is 18.9 Å². The largest absolute Gasteiger partial charge is 0.371 e. The molecule has 0 spiro atoms. The summed E-state index contributed by atoms with van der Waals surface area (Å²) < 4.78 is 0. The molecule has 1 aromatic rings. The zero-order valence-electron chi connectivity index (χ0n) is 7.54. The van der Waals surface area contributed by atoms with Crippen molar-refractivity contribution in [2.24, 2.45) is 0 Å². The second kappa shape index (κ2) is 6.50. The maximum absolute atomic E-state index is 4.23. The third-order valence-corrected chi connectivity index (χ3v) is 2.03. The van der Waals surface area contributed by atoms with Crippen molar-refractivity contribution in [3.05, 3.63) is 24.4 Å². The summed E-state index contributed by atoms with van der Waals surface area (Å²) in [6, 6.07) is 6.85. The molecule has 1 aromatic heterocycles. The average molecular weight is 292 g/mol. The number of hydrogen-bond donors (Lipinski definition) is 0. The first-order valence-electron chi connectivity index (χ1n) is 4.30. The Morgan fingerprint density at radius 1 is 1.38 bits per heavy atom. The molecule has 66 valence electrons. The smallest absolute Gasteiger partial charge is 0.0433 e. The summed E-state index contributed by atoms with van der Waals surface area (Å²) in [6.45, 7) is 2.33. The molecule has 0 N–H and O–H groups in total. The molecule has 2 nitrogen and oxygen atoms in total. The molecule has 4 heteroatoms. The number of nitrogens with zero attached hydrogens (tertiary/aromatic N) is 2. The van der Waals surface area contributed by atoms with Gasteiger partial charge in [0.15, 0.2) is 0 Å². The van der Waals surface area contributed by atoms with Crippen molar-refractivity contribution in [3.8, 4) is 0 Å². The normalized spacial score (nSPS) is 15.2. The molecule has 0 aliphatic carbocycles. The predicted octanol–water partition coefficient (Wildman–Crippen LogP) is 2.33. The van der Waals surface area contributed by atoms with Crippen LogP contribution in [0.3, 0.4) is 0 Å². The molecule has 0 radical (unpaired) electrons. The van der Waals surface area contributed by atoms with Crippen LogP contribution in [0.15, 0.2) is 18.3 Å². The summed E-state index contributed by atoms with van der Waals surface area (Å²) in [5.74, 6) is 1.10. The van der Waals surface area contributed by atoms with Gasteiger partial charge < -0.3 is 4.90 Å². The zero-order chi connectivity index (χ0) is 9.52. The molecule has 0 atom stereocenters. The molecule has 0 amide bonds. The molecule has 2 rings (SSSR count). The molecule has 0 unspecified atom stereocenters. The molecule has 1 fully saturated rings. The van der Waals surface area contributed by atoms with E-state index in [1.54, 1.807) is 6.20 Å². The van der Waals surface area contributed by atoms with Gasteiger partial charge in [-0.2, -0.15) is 6.07 Å². The maximum atomic E-state index is 4.23. The van der Waals surface area contributed by atoms with E-state index in [4.69, 9.17) is 0 Å². The minimum absolute atomic E-state index is 1.10. The number of anilines is 1. The van der Waals surface area contributed by atoms with Crippen LogP contribution < -0.4 is 4.90 Å². The number of hydrogen-bond acceptors (Lipinski definition) is 2. The van der Waals surface area contributed by atoms with Crippen molar-refractivity contribution in [1.82, 2.24) is 4.98 Å². The third kappa shape index (κ3) is 3.36. The predicted molar refractivity (Wildman–Crippen MR) is 53.4 cm³/mol. The maximum Gasteiger partial charge on any atom is 0.0433 e. The second-order valence-electron chi connectivity index (χ2n) is 2.81. The first-order valence-corrected chi connectivity index (χ1v) is 11.3. The summed E-state index contributed by atoms with van der Waals surface area (Å²) >= 11 is 4.25. The first-order chi connectivity index (χ1) is 6.47. The number of aromatic nitrogens is 1. The van der Waals surface area contributed by atoms with Gasteiger partial charge >= 0.3 is 30.0 Å². The number of halogens is 1. The Kier molecular flexibility index (Phi) is 5.56. The summed E-state index contributed by atoms with van der Waals surface area (Å²) in [4.78, 5) is 6.54. The van der Waals surface area contributed by atoms with Crippen LogP contribution in [-0.2, 0) is 16.3 Å². The van der Waals surface area contributed by atoms with Gasteiger partial charge in [0.05, 0.1) is 0 Å². The van der Waals surface area contributed by atoms with Crippen LogP contribution in [0.25, 0.3) is 0 Å². The van der Waals surface area contributed by atoms with Gasteiger partial charge in [0.25, 0.3) is 0 Å². The standard InChI is InChI=1S/C9H11N2.BrH.Zn/c1-2-6-10-9(5-1)11-7-3-4-8-11;;/h1,5-6H,3-4,7-8H2;1H;/q-1;;+2/p-1. The van der Waals surface area contributed by atoms with Crippen LogP contribution in [-0.4, -0.2) is 18.1 Å². The minimum atomic E-state index is 1.10. The van der Waals surface area contributed by atoms with Gasteiger partial charge in [-0.1, -0.05) is 6.20 Å². The minimum Gasteiger partial charge on any atom is -0.371 e. The van der Waals surface area contributed by atoms with Crippen LogP contribution in [0.1, 0.15) is 12.8 Å². The van der Waals surface area contributed by atoms with Crippen LogP contribution in [0.2, 0.25) is 0 Å². The molecular weight excluding hydrogens is 281 g/mol. The molecule has 13 heavy (non-hydrogen) atoms. The van der Waals surface area contributed by atoms with Crippen LogP contribution in [0.4, 0.5) is 5.82 Å². The Hall–Kier alpha value is 0.0534. The summed E-state index contributed by atoms with van der Waals surface area (Å²) in [7, 11) is 0. The van der Waals surface area contributed by atoms with Gasteiger partial charge in [0.2, 0.25) is 0 Å². The summed E-state index contributed by atoms with van der Waals surface area (Å²) in [5.41, 5.74) is 0. The van der Waals surface area contributed by atoms with E-state index >= 15 is 0 Å². The Balaban J connectivity index is 0.000000396. The van der Waals surface area contributed by atoms with Crippen molar-refractivity contribution in [2.45, 2.75) is 12.8 Å². The fraction of sp³-hybridized carbons (Fsp3) is 0.444. The van der Waals surface area contributed by atoms with E-state index in [1.165, 1.54) is 29.2 Å². The molecule has 1 aliphatic heterocycles. The van der Waals surface area contributed by atoms with Crippen molar-refractivity contribution in [1.29, 1.82) is 0 Å². The Bertz CT molecular complexity index is 224. The van der Waals surface area contributed by atoms with Crippen LogP contribution in [0.5, 0.6) is 0 Å². The third-order valence-electron chi connectivity index (χ3n) is 2.03. The summed E-state index contributed by atoms with van der Waals surface area (Å²) in [6.07, 6.45) is 4.34. The van der Waals surface area contributed by atoms with Gasteiger partial charge in [-0.3, -0.25) is 4.98 Å². The van der Waals surface area contributed by atoms with Crippen LogP contribution in [0, 0.1) is 6.07 Å². The fourth-order valence-electron chi connectivity index (χ4n) is 1.45. The number of rotatable bonds is 1. The van der Waals surface area contributed by atoms with Gasteiger partial charge in [-0.15, -0.1) is 0 Å². The topological polar surface area (TPSA) is 16.1 Å². The van der Waals surface area contributed by atoms with E-state index in [1.807, 2.05) is 12.1 Å². The molecule has 1 aliphatic rings. The molecule has 1 saturated heterocycles. The molecular formula is C9H11BrN2Zn. The van der Waals surface area contributed by atoms with Gasteiger partial charge in [-0.25, -0.2) is 12.1 Å². The van der Waals surface area contributed by atoms with E-state index in [0.29, 0.717) is 0 Å². The van der Waals surface area contributed by atoms with Crippen LogP contribution >= 0.6 is 13.6 Å². The molecule has 0 saturated carbocycles. The average Bonchev–Trinajstić information content (AvgIpc) is 2.75. The summed E-state index contributed by atoms with van der Waals surface area (Å²) in [5, 5.41) is 0. The second-order valence-corrected chi connectivity index (χ2v) is 2.81. The van der Waals surface area contributed by atoms with E-state index < -0.39 is 0 Å². The van der Waals surface area contributed by atoms with Gasteiger partial charge in [0, 0.05) is 18.9 Å². The first kappa shape index (κ1) is 11.1.